The standard InChI is InChI=1S/C18H24BrN3O7S/c1-5-10-8-30-16-11(15(24)22(16)12(10)17(25)26)20-14(23)13(21-27-4)18(9-19,28-6-2)29-7-3/h5,11,16H,1,6-9H2,2-4H3,(H,20,23)(H,25,26)/t11?,16-/m0/s1. The zero-order valence-corrected chi connectivity index (χ0v) is 19.2. The molecular formula is C18H24BrN3O7S. The van der Waals surface area contributed by atoms with Gasteiger partial charge in [-0.25, -0.2) is 4.79 Å². The summed E-state index contributed by atoms with van der Waals surface area (Å²) in [5, 5.41) is 15.4. The maximum atomic E-state index is 13.0. The van der Waals surface area contributed by atoms with Gasteiger partial charge in [0.25, 0.3) is 11.8 Å². The molecule has 2 amide bonds. The lowest BCUT2D eigenvalue weighted by atomic mass is 10.0. The van der Waals surface area contributed by atoms with E-state index in [0.717, 1.165) is 4.90 Å². The van der Waals surface area contributed by atoms with Crippen LogP contribution in [0.1, 0.15) is 13.8 Å². The van der Waals surface area contributed by atoms with Gasteiger partial charge in [0.1, 0.15) is 24.2 Å². The molecule has 30 heavy (non-hydrogen) atoms. The molecule has 1 unspecified atom stereocenters. The number of amides is 2. The van der Waals surface area contributed by atoms with E-state index in [4.69, 9.17) is 14.3 Å². The molecule has 12 heteroatoms. The second kappa shape index (κ2) is 10.4. The summed E-state index contributed by atoms with van der Waals surface area (Å²) in [7, 11) is 1.28. The van der Waals surface area contributed by atoms with Crippen LogP contribution in [0.3, 0.4) is 0 Å². The van der Waals surface area contributed by atoms with E-state index in [1.54, 1.807) is 13.8 Å². The van der Waals surface area contributed by atoms with E-state index in [-0.39, 0.29) is 30.0 Å². The molecule has 0 saturated carbocycles. The molecule has 2 N–H and O–H groups in total. The molecule has 0 aromatic heterocycles. The molecule has 2 aliphatic heterocycles. The molecule has 2 heterocycles. The number of allylic oxidation sites excluding steroid dienone is 1. The van der Waals surface area contributed by atoms with E-state index in [0.29, 0.717) is 11.3 Å². The highest BCUT2D eigenvalue weighted by Gasteiger charge is 2.55. The Hall–Kier alpha value is -1.89. The molecule has 0 aromatic carbocycles. The number of ether oxygens (including phenoxy) is 2. The number of oxime groups is 1. The molecule has 0 bridgehead atoms. The van der Waals surface area contributed by atoms with Crippen LogP contribution in [-0.4, -0.2) is 82.1 Å². The first-order chi connectivity index (χ1) is 14.3. The number of alkyl halides is 1. The van der Waals surface area contributed by atoms with Crippen LogP contribution in [-0.2, 0) is 28.7 Å². The average Bonchev–Trinajstić information content (AvgIpc) is 2.74. The van der Waals surface area contributed by atoms with Crippen molar-refractivity contribution < 1.29 is 33.8 Å². The van der Waals surface area contributed by atoms with Crippen LogP contribution in [0.25, 0.3) is 0 Å². The lowest BCUT2D eigenvalue weighted by molar-refractivity contribution is -0.171. The largest absolute Gasteiger partial charge is 0.477 e. The van der Waals surface area contributed by atoms with Gasteiger partial charge in [0, 0.05) is 19.0 Å². The molecule has 166 valence electrons. The molecule has 2 atom stereocenters. The number of thioether (sulfide) groups is 1. The number of halogens is 1. The Bertz CT molecular complexity index is 780. The van der Waals surface area contributed by atoms with Crippen molar-refractivity contribution in [3.8, 4) is 0 Å². The van der Waals surface area contributed by atoms with Crippen LogP contribution in [0.2, 0.25) is 0 Å². The molecule has 10 nitrogen and oxygen atoms in total. The Kier molecular flexibility index (Phi) is 8.47. The number of aliphatic carboxylic acids is 1. The second-order valence-electron chi connectivity index (χ2n) is 6.12. The topological polar surface area (TPSA) is 127 Å². The Morgan fingerprint density at radius 3 is 2.53 bits per heavy atom. The van der Waals surface area contributed by atoms with E-state index in [1.807, 2.05) is 0 Å². The summed E-state index contributed by atoms with van der Waals surface area (Å²) in [4.78, 5) is 43.3. The number of carbonyl (C=O) groups is 3. The van der Waals surface area contributed by atoms with Gasteiger partial charge in [0.2, 0.25) is 11.5 Å². The molecule has 0 spiro atoms. The zero-order valence-electron chi connectivity index (χ0n) is 16.8. The Balaban J connectivity index is 2.27. The van der Waals surface area contributed by atoms with Crippen molar-refractivity contribution >= 4 is 51.2 Å². The summed E-state index contributed by atoms with van der Waals surface area (Å²) < 4.78 is 11.3. The third-order valence-corrected chi connectivity index (χ3v) is 6.46. The van der Waals surface area contributed by atoms with Gasteiger partial charge in [-0.1, -0.05) is 33.7 Å². The van der Waals surface area contributed by atoms with E-state index >= 15 is 0 Å². The summed E-state index contributed by atoms with van der Waals surface area (Å²) in [6, 6.07) is -0.929. The highest BCUT2D eigenvalue weighted by atomic mass is 79.9. The normalized spacial score (nSPS) is 21.7. The lowest BCUT2D eigenvalue weighted by Crippen LogP contribution is -2.71. The molecule has 0 radical (unpaired) electrons. The molecular weight excluding hydrogens is 482 g/mol. The Morgan fingerprint density at radius 2 is 2.07 bits per heavy atom. The second-order valence-corrected chi connectivity index (χ2v) is 7.78. The van der Waals surface area contributed by atoms with Crippen LogP contribution < -0.4 is 5.32 Å². The molecule has 1 fully saturated rings. The summed E-state index contributed by atoms with van der Waals surface area (Å²) in [5.41, 5.74) is 0.140. The number of hydrogen-bond donors (Lipinski definition) is 2. The van der Waals surface area contributed by atoms with Gasteiger partial charge in [-0.2, -0.15) is 0 Å². The maximum Gasteiger partial charge on any atom is 0.352 e. The minimum atomic E-state index is -1.52. The van der Waals surface area contributed by atoms with Crippen LogP contribution >= 0.6 is 27.7 Å². The van der Waals surface area contributed by atoms with E-state index < -0.39 is 35.0 Å². The Morgan fingerprint density at radius 1 is 1.43 bits per heavy atom. The monoisotopic (exact) mass is 505 g/mol. The molecule has 2 rings (SSSR count). The van der Waals surface area contributed by atoms with Crippen molar-refractivity contribution in [3.05, 3.63) is 23.9 Å². The first-order valence-electron chi connectivity index (χ1n) is 9.11. The van der Waals surface area contributed by atoms with Crippen molar-refractivity contribution in [3.63, 3.8) is 0 Å². The van der Waals surface area contributed by atoms with E-state index in [1.165, 1.54) is 24.9 Å². The number of fused-ring (bicyclic) bond motifs is 1. The highest BCUT2D eigenvalue weighted by molar-refractivity contribution is 9.09. The fourth-order valence-corrected chi connectivity index (χ4v) is 5.10. The van der Waals surface area contributed by atoms with Gasteiger partial charge < -0.3 is 24.7 Å². The van der Waals surface area contributed by atoms with Crippen LogP contribution in [0.4, 0.5) is 0 Å². The smallest absolute Gasteiger partial charge is 0.352 e. The van der Waals surface area contributed by atoms with Gasteiger partial charge >= 0.3 is 5.97 Å². The van der Waals surface area contributed by atoms with Crippen molar-refractivity contribution in [2.24, 2.45) is 5.16 Å². The third kappa shape index (κ3) is 4.41. The van der Waals surface area contributed by atoms with Gasteiger partial charge in [-0.05, 0) is 19.4 Å². The minimum Gasteiger partial charge on any atom is -0.477 e. The number of carbonyl (C=O) groups excluding carboxylic acids is 2. The fraction of sp³-hybridized carbons (Fsp3) is 0.556. The SMILES string of the molecule is C=CC1=C(C(=O)O)N2C(=O)C(NC(=O)C(=NOC)C(CBr)(OCC)OCC)[C@@H]2SC1. The molecule has 0 aromatic rings. The predicted molar refractivity (Wildman–Crippen MR) is 114 cm³/mol. The average molecular weight is 506 g/mol. The first kappa shape index (κ1) is 24.4. The number of carboxylic acid groups (broad SMARTS) is 1. The predicted octanol–water partition coefficient (Wildman–Crippen LogP) is 1.08. The molecule has 1 saturated heterocycles. The van der Waals surface area contributed by atoms with Gasteiger partial charge in [0.15, 0.2) is 0 Å². The van der Waals surface area contributed by atoms with Crippen molar-refractivity contribution in [1.82, 2.24) is 10.2 Å². The van der Waals surface area contributed by atoms with Gasteiger partial charge in [-0.15, -0.1) is 11.8 Å². The molecule has 2 aliphatic rings. The van der Waals surface area contributed by atoms with E-state index in [2.05, 4.69) is 33.0 Å². The number of carboxylic acids is 1. The maximum absolute atomic E-state index is 13.0. The van der Waals surface area contributed by atoms with Crippen LogP contribution in [0, 0.1) is 0 Å². The number of rotatable bonds is 11. The summed E-state index contributed by atoms with van der Waals surface area (Å²) >= 11 is 4.62. The van der Waals surface area contributed by atoms with Crippen molar-refractivity contribution in [2.45, 2.75) is 31.1 Å². The van der Waals surface area contributed by atoms with Gasteiger partial charge in [0.05, 0.1) is 5.33 Å². The number of nitrogens with zero attached hydrogens (tertiary/aromatic N) is 2. The summed E-state index contributed by atoms with van der Waals surface area (Å²) in [6.45, 7) is 7.54. The summed E-state index contributed by atoms with van der Waals surface area (Å²) in [5.74, 6) is -3.63. The van der Waals surface area contributed by atoms with E-state index in [9.17, 15) is 19.5 Å². The van der Waals surface area contributed by atoms with Crippen molar-refractivity contribution in [1.29, 1.82) is 0 Å². The van der Waals surface area contributed by atoms with Crippen LogP contribution in [0.5, 0.6) is 0 Å². The number of β-lactam (4-membered cyclic amide) rings is 1. The minimum absolute atomic E-state index is 0.0921. The third-order valence-electron chi connectivity index (χ3n) is 4.42. The van der Waals surface area contributed by atoms with Crippen molar-refractivity contribution in [2.75, 3.05) is 31.4 Å². The zero-order chi connectivity index (χ0) is 22.5. The quantitative estimate of drug-likeness (QED) is 0.140. The lowest BCUT2D eigenvalue weighted by Gasteiger charge is -2.49. The number of hydrogen-bond acceptors (Lipinski definition) is 8. The first-order valence-corrected chi connectivity index (χ1v) is 11.3. The summed E-state index contributed by atoms with van der Waals surface area (Å²) in [6.07, 6.45) is 1.42. The fourth-order valence-electron chi connectivity index (χ4n) is 3.17. The van der Waals surface area contributed by atoms with Crippen LogP contribution in [0.15, 0.2) is 29.1 Å². The highest BCUT2D eigenvalue weighted by Crippen LogP contribution is 2.40. The Labute approximate surface area is 186 Å². The molecule has 0 aliphatic carbocycles. The number of nitrogens with one attached hydrogen (secondary N) is 1. The van der Waals surface area contributed by atoms with Gasteiger partial charge in [-0.3, -0.25) is 14.5 Å².